The predicted molar refractivity (Wildman–Crippen MR) is 110 cm³/mol. The molecule has 0 saturated heterocycles. The van der Waals surface area contributed by atoms with E-state index in [1.165, 1.54) is 17.8 Å². The standard InChI is InChI=1S/C18H19ClFN7S/c1-11-6-9-26(22-11)12(2)17-24-27(18(21)28-17)15-7-8-25(23-15)10-13-4-3-5-14(19)16(13)20/h3-9,12,18H,10,21H2,1-2H3. The number of thioether (sulfide) groups is 1. The van der Waals surface area contributed by atoms with Gasteiger partial charge in [-0.05, 0) is 26.0 Å². The maximum absolute atomic E-state index is 14.1. The SMILES string of the molecule is Cc1ccn(C(C)C2=NN(c3ccn(Cc4cccc(Cl)c4F)n3)C(N)S2)n1. The van der Waals surface area contributed by atoms with Crippen LogP contribution in [0.4, 0.5) is 10.2 Å². The average molecular weight is 420 g/mol. The number of hydrazone groups is 1. The lowest BCUT2D eigenvalue weighted by Gasteiger charge is -2.15. The molecule has 0 amide bonds. The maximum atomic E-state index is 14.1. The lowest BCUT2D eigenvalue weighted by molar-refractivity contribution is 0.584. The summed E-state index contributed by atoms with van der Waals surface area (Å²) in [7, 11) is 0. The van der Waals surface area contributed by atoms with E-state index in [0.717, 1.165) is 10.7 Å². The fourth-order valence-corrected chi connectivity index (χ4v) is 4.03. The van der Waals surface area contributed by atoms with Crippen LogP contribution in [-0.4, -0.2) is 30.1 Å². The van der Waals surface area contributed by atoms with Gasteiger partial charge in [0.25, 0.3) is 0 Å². The van der Waals surface area contributed by atoms with Crippen LogP contribution in [0.25, 0.3) is 0 Å². The first kappa shape index (κ1) is 19.0. The van der Waals surface area contributed by atoms with E-state index in [1.54, 1.807) is 34.1 Å². The van der Waals surface area contributed by atoms with Crippen molar-refractivity contribution in [1.29, 1.82) is 0 Å². The minimum absolute atomic E-state index is 0.0302. The lowest BCUT2D eigenvalue weighted by atomic mass is 10.2. The summed E-state index contributed by atoms with van der Waals surface area (Å²) in [5, 5.41) is 16.2. The Morgan fingerprint density at radius 1 is 1.25 bits per heavy atom. The van der Waals surface area contributed by atoms with Crippen LogP contribution in [0.1, 0.15) is 24.2 Å². The summed E-state index contributed by atoms with van der Waals surface area (Å²) < 4.78 is 17.6. The largest absolute Gasteiger partial charge is 0.301 e. The fourth-order valence-electron chi connectivity index (χ4n) is 2.89. The van der Waals surface area contributed by atoms with Gasteiger partial charge in [0.1, 0.15) is 10.9 Å². The lowest BCUT2D eigenvalue weighted by Crippen LogP contribution is -2.32. The average Bonchev–Trinajstić information content (AvgIpc) is 3.38. The Kier molecular flexibility index (Phi) is 5.13. The molecule has 0 saturated carbocycles. The molecular formula is C18H19ClFN7S. The first-order valence-electron chi connectivity index (χ1n) is 8.70. The van der Waals surface area contributed by atoms with Crippen LogP contribution in [0.15, 0.2) is 47.8 Å². The molecule has 3 heterocycles. The number of nitrogens with two attached hydrogens (primary N) is 1. The van der Waals surface area contributed by atoms with Crippen LogP contribution >= 0.6 is 23.4 Å². The molecule has 3 aromatic rings. The van der Waals surface area contributed by atoms with Gasteiger partial charge in [-0.2, -0.15) is 15.3 Å². The number of halogens is 2. The highest BCUT2D eigenvalue weighted by atomic mass is 35.5. The number of rotatable bonds is 5. The quantitative estimate of drug-likeness (QED) is 0.683. The van der Waals surface area contributed by atoms with E-state index in [0.29, 0.717) is 11.4 Å². The molecule has 0 radical (unpaired) electrons. The summed E-state index contributed by atoms with van der Waals surface area (Å²) in [5.41, 5.74) is 7.27. The van der Waals surface area contributed by atoms with Gasteiger partial charge in [-0.15, -0.1) is 0 Å². The zero-order chi connectivity index (χ0) is 19.8. The third kappa shape index (κ3) is 3.65. The number of anilines is 1. The summed E-state index contributed by atoms with van der Waals surface area (Å²) in [6.45, 7) is 4.23. The molecule has 1 aliphatic heterocycles. The number of aromatic nitrogens is 4. The Morgan fingerprint density at radius 2 is 2.07 bits per heavy atom. The highest BCUT2D eigenvalue weighted by Crippen LogP contribution is 2.32. The van der Waals surface area contributed by atoms with Gasteiger partial charge in [-0.1, -0.05) is 35.5 Å². The van der Waals surface area contributed by atoms with E-state index in [2.05, 4.69) is 15.3 Å². The van der Waals surface area contributed by atoms with Gasteiger partial charge in [0, 0.05) is 24.0 Å². The minimum atomic E-state index is -0.432. The van der Waals surface area contributed by atoms with Crippen LogP contribution in [0.2, 0.25) is 5.02 Å². The number of nitrogens with zero attached hydrogens (tertiary/aromatic N) is 6. The van der Waals surface area contributed by atoms with Crippen LogP contribution in [0.3, 0.4) is 0 Å². The molecule has 10 heteroatoms. The molecule has 1 aliphatic rings. The second-order valence-corrected chi connectivity index (χ2v) is 8.03. The maximum Gasteiger partial charge on any atom is 0.173 e. The van der Waals surface area contributed by atoms with Crippen molar-refractivity contribution < 1.29 is 4.39 Å². The fraction of sp³-hybridized carbons (Fsp3) is 0.278. The normalized spacial score (nSPS) is 17.8. The van der Waals surface area contributed by atoms with Crippen molar-refractivity contribution in [3.8, 4) is 0 Å². The molecule has 146 valence electrons. The van der Waals surface area contributed by atoms with Crippen LogP contribution in [0.5, 0.6) is 0 Å². The monoisotopic (exact) mass is 419 g/mol. The Balaban J connectivity index is 1.53. The molecule has 1 aromatic carbocycles. The predicted octanol–water partition coefficient (Wildman–Crippen LogP) is 3.60. The topological polar surface area (TPSA) is 77.3 Å². The molecule has 2 atom stereocenters. The van der Waals surface area contributed by atoms with Gasteiger partial charge in [0.2, 0.25) is 0 Å². The van der Waals surface area contributed by atoms with E-state index in [1.807, 2.05) is 30.8 Å². The van der Waals surface area contributed by atoms with Crippen molar-refractivity contribution in [2.75, 3.05) is 5.01 Å². The summed E-state index contributed by atoms with van der Waals surface area (Å²) in [5.74, 6) is 0.166. The van der Waals surface area contributed by atoms with Gasteiger partial charge < -0.3 is 5.73 Å². The van der Waals surface area contributed by atoms with Crippen molar-refractivity contribution in [3.05, 3.63) is 64.8 Å². The van der Waals surface area contributed by atoms with Crippen LogP contribution in [0, 0.1) is 12.7 Å². The van der Waals surface area contributed by atoms with Crippen LogP contribution < -0.4 is 10.7 Å². The third-order valence-electron chi connectivity index (χ3n) is 4.41. The molecule has 2 N–H and O–H groups in total. The number of benzene rings is 1. The van der Waals surface area contributed by atoms with Gasteiger partial charge in [-0.25, -0.2) is 9.40 Å². The van der Waals surface area contributed by atoms with Crippen molar-refractivity contribution in [2.45, 2.75) is 31.9 Å². The Morgan fingerprint density at radius 3 is 2.82 bits per heavy atom. The van der Waals surface area contributed by atoms with E-state index >= 15 is 0 Å². The van der Waals surface area contributed by atoms with Gasteiger partial charge in [0.15, 0.2) is 11.3 Å². The van der Waals surface area contributed by atoms with E-state index in [4.69, 9.17) is 17.3 Å². The van der Waals surface area contributed by atoms with Crippen molar-refractivity contribution >= 4 is 34.2 Å². The molecule has 0 fully saturated rings. The Bertz CT molecular complexity index is 1030. The third-order valence-corrected chi connectivity index (χ3v) is 5.81. The van der Waals surface area contributed by atoms with Gasteiger partial charge in [-0.3, -0.25) is 9.36 Å². The molecule has 2 aromatic heterocycles. The number of hydrogen-bond acceptors (Lipinski definition) is 6. The molecule has 4 rings (SSSR count). The van der Waals surface area contributed by atoms with E-state index < -0.39 is 5.82 Å². The number of hydrogen-bond donors (Lipinski definition) is 1. The summed E-state index contributed by atoms with van der Waals surface area (Å²) in [4.78, 5) is 0. The van der Waals surface area contributed by atoms with Crippen molar-refractivity contribution in [2.24, 2.45) is 10.8 Å². The highest BCUT2D eigenvalue weighted by Gasteiger charge is 2.30. The van der Waals surface area contributed by atoms with E-state index in [-0.39, 0.29) is 23.1 Å². The van der Waals surface area contributed by atoms with E-state index in [9.17, 15) is 4.39 Å². The van der Waals surface area contributed by atoms with Gasteiger partial charge >= 0.3 is 0 Å². The number of aryl methyl sites for hydroxylation is 1. The first-order chi connectivity index (χ1) is 13.4. The molecule has 0 bridgehead atoms. The molecule has 0 aliphatic carbocycles. The second-order valence-electron chi connectivity index (χ2n) is 6.49. The van der Waals surface area contributed by atoms with Crippen LogP contribution in [-0.2, 0) is 6.54 Å². The summed E-state index contributed by atoms with van der Waals surface area (Å²) >= 11 is 7.31. The molecule has 28 heavy (non-hydrogen) atoms. The molecule has 2 unspecified atom stereocenters. The minimum Gasteiger partial charge on any atom is -0.301 e. The summed E-state index contributed by atoms with van der Waals surface area (Å²) in [6.07, 6.45) is 3.69. The zero-order valence-electron chi connectivity index (χ0n) is 15.3. The Hall–Kier alpha value is -2.36. The van der Waals surface area contributed by atoms with Crippen molar-refractivity contribution in [3.63, 3.8) is 0 Å². The first-order valence-corrected chi connectivity index (χ1v) is 9.96. The molecular weight excluding hydrogens is 401 g/mol. The zero-order valence-corrected chi connectivity index (χ0v) is 16.9. The highest BCUT2D eigenvalue weighted by molar-refractivity contribution is 8.14. The molecule has 7 nitrogen and oxygen atoms in total. The second kappa shape index (κ2) is 7.57. The Labute approximate surface area is 171 Å². The van der Waals surface area contributed by atoms with Crippen molar-refractivity contribution in [1.82, 2.24) is 19.6 Å². The molecule has 0 spiro atoms. The van der Waals surface area contributed by atoms with Gasteiger partial charge in [0.05, 0.1) is 23.3 Å². The summed E-state index contributed by atoms with van der Waals surface area (Å²) in [6, 6.07) is 8.64. The smallest absolute Gasteiger partial charge is 0.173 e.